The molecule has 1 aromatic carbocycles. The van der Waals surface area contributed by atoms with Crippen molar-refractivity contribution >= 4 is 17.6 Å². The average Bonchev–Trinajstić information content (AvgIpc) is 3.00. The van der Waals surface area contributed by atoms with Gasteiger partial charge in [-0.05, 0) is 43.5 Å². The Morgan fingerprint density at radius 2 is 1.80 bits per heavy atom. The van der Waals surface area contributed by atoms with Gasteiger partial charge in [0.05, 0.1) is 0 Å². The molecule has 2 rings (SSSR count). The van der Waals surface area contributed by atoms with Gasteiger partial charge in [0.15, 0.2) is 0 Å². The average molecular weight is 275 g/mol. The summed E-state index contributed by atoms with van der Waals surface area (Å²) in [6, 6.07) is 6.91. The molecule has 108 valence electrons. The minimum absolute atomic E-state index is 0.0642. The summed E-state index contributed by atoms with van der Waals surface area (Å²) >= 11 is 0. The normalized spacial score (nSPS) is 14.2. The molecular weight excluding hydrogens is 254 g/mol. The highest BCUT2D eigenvalue weighted by molar-refractivity contribution is 5.95. The number of carbonyl (C=O) groups excluding carboxylic acids is 2. The van der Waals surface area contributed by atoms with Gasteiger partial charge in [-0.15, -0.1) is 0 Å². The van der Waals surface area contributed by atoms with Crippen LogP contribution in [0.3, 0.4) is 0 Å². The summed E-state index contributed by atoms with van der Waals surface area (Å²) < 4.78 is 0. The van der Waals surface area contributed by atoms with Crippen LogP contribution in [0.1, 0.15) is 36.5 Å². The molecule has 0 bridgehead atoms. The zero-order chi connectivity index (χ0) is 14.4. The Hall–Kier alpha value is -2.04. The molecule has 5 nitrogen and oxygen atoms in total. The van der Waals surface area contributed by atoms with Crippen LogP contribution in [0.4, 0.5) is 10.5 Å². The fraction of sp³-hybridized carbons (Fsp3) is 0.467. The molecule has 1 fully saturated rings. The summed E-state index contributed by atoms with van der Waals surface area (Å²) in [7, 11) is 0. The monoisotopic (exact) mass is 275 g/mol. The van der Waals surface area contributed by atoms with Crippen LogP contribution >= 0.6 is 0 Å². The first-order valence-corrected chi connectivity index (χ1v) is 7.15. The quantitative estimate of drug-likeness (QED) is 0.886. The first-order chi connectivity index (χ1) is 9.70. The van der Waals surface area contributed by atoms with Crippen LogP contribution in [0.5, 0.6) is 0 Å². The minimum Gasteiger partial charge on any atom is -0.352 e. The molecule has 1 saturated heterocycles. The van der Waals surface area contributed by atoms with Gasteiger partial charge in [0.2, 0.25) is 0 Å². The van der Waals surface area contributed by atoms with Crippen LogP contribution in [0.2, 0.25) is 0 Å². The zero-order valence-corrected chi connectivity index (χ0v) is 11.8. The molecule has 1 aliphatic rings. The van der Waals surface area contributed by atoms with E-state index in [0.717, 1.165) is 32.4 Å². The molecule has 1 aliphatic heterocycles. The Bertz CT molecular complexity index is 465. The van der Waals surface area contributed by atoms with Crippen molar-refractivity contribution in [1.29, 1.82) is 0 Å². The van der Waals surface area contributed by atoms with Crippen molar-refractivity contribution in [3.05, 3.63) is 29.8 Å². The zero-order valence-electron chi connectivity index (χ0n) is 11.8. The predicted octanol–water partition coefficient (Wildman–Crippen LogP) is 2.45. The lowest BCUT2D eigenvalue weighted by atomic mass is 10.2. The van der Waals surface area contributed by atoms with Crippen LogP contribution < -0.4 is 10.6 Å². The van der Waals surface area contributed by atoms with Crippen LogP contribution in [0.15, 0.2) is 24.3 Å². The SMILES string of the molecule is CCCNC(=O)c1ccc(NC(=O)N2CCCC2)cc1. The fourth-order valence-corrected chi connectivity index (χ4v) is 2.17. The Labute approximate surface area is 119 Å². The van der Waals surface area contributed by atoms with Gasteiger partial charge >= 0.3 is 6.03 Å². The highest BCUT2D eigenvalue weighted by Gasteiger charge is 2.17. The summed E-state index contributed by atoms with van der Waals surface area (Å²) in [5.74, 6) is -0.0794. The second kappa shape index (κ2) is 6.93. The number of nitrogens with zero attached hydrogens (tertiary/aromatic N) is 1. The Morgan fingerprint density at radius 1 is 1.15 bits per heavy atom. The van der Waals surface area contributed by atoms with Crippen molar-refractivity contribution in [2.75, 3.05) is 25.0 Å². The van der Waals surface area contributed by atoms with Gasteiger partial charge in [-0.3, -0.25) is 4.79 Å². The Balaban J connectivity index is 1.90. The first kappa shape index (κ1) is 14.4. The van der Waals surface area contributed by atoms with E-state index in [1.54, 1.807) is 24.3 Å². The third kappa shape index (κ3) is 3.73. The predicted molar refractivity (Wildman–Crippen MR) is 78.9 cm³/mol. The van der Waals surface area contributed by atoms with Gasteiger partial charge in [0, 0.05) is 30.9 Å². The van der Waals surface area contributed by atoms with Gasteiger partial charge in [0.1, 0.15) is 0 Å². The molecule has 0 radical (unpaired) electrons. The molecule has 0 saturated carbocycles. The third-order valence-electron chi connectivity index (χ3n) is 3.33. The number of anilines is 1. The summed E-state index contributed by atoms with van der Waals surface area (Å²) in [6.07, 6.45) is 3.06. The first-order valence-electron chi connectivity index (χ1n) is 7.15. The van der Waals surface area contributed by atoms with E-state index >= 15 is 0 Å². The van der Waals surface area contributed by atoms with E-state index < -0.39 is 0 Å². The molecule has 0 atom stereocenters. The van der Waals surface area contributed by atoms with E-state index in [2.05, 4.69) is 10.6 Å². The lowest BCUT2D eigenvalue weighted by molar-refractivity contribution is 0.0953. The summed E-state index contributed by atoms with van der Waals surface area (Å²) in [6.45, 7) is 4.33. The van der Waals surface area contributed by atoms with Crippen molar-refractivity contribution in [2.24, 2.45) is 0 Å². The smallest absolute Gasteiger partial charge is 0.321 e. The van der Waals surface area contributed by atoms with E-state index in [9.17, 15) is 9.59 Å². The van der Waals surface area contributed by atoms with Crippen LogP contribution in [-0.2, 0) is 0 Å². The largest absolute Gasteiger partial charge is 0.352 e. The maximum absolute atomic E-state index is 11.9. The molecule has 2 N–H and O–H groups in total. The number of hydrogen-bond donors (Lipinski definition) is 2. The van der Waals surface area contributed by atoms with Crippen molar-refractivity contribution in [1.82, 2.24) is 10.2 Å². The topological polar surface area (TPSA) is 61.4 Å². The second-order valence-electron chi connectivity index (χ2n) is 4.96. The van der Waals surface area contributed by atoms with E-state index in [1.807, 2.05) is 11.8 Å². The number of likely N-dealkylation sites (tertiary alicyclic amines) is 1. The molecule has 20 heavy (non-hydrogen) atoms. The van der Waals surface area contributed by atoms with Crippen LogP contribution in [0.25, 0.3) is 0 Å². The van der Waals surface area contributed by atoms with Crippen molar-refractivity contribution in [2.45, 2.75) is 26.2 Å². The molecule has 1 heterocycles. The highest BCUT2D eigenvalue weighted by Crippen LogP contribution is 2.13. The summed E-state index contributed by atoms with van der Waals surface area (Å²) in [4.78, 5) is 25.5. The van der Waals surface area contributed by atoms with E-state index in [4.69, 9.17) is 0 Å². The molecule has 5 heteroatoms. The van der Waals surface area contributed by atoms with Crippen LogP contribution in [-0.4, -0.2) is 36.5 Å². The third-order valence-corrected chi connectivity index (χ3v) is 3.33. The molecule has 0 aliphatic carbocycles. The van der Waals surface area contributed by atoms with Crippen molar-refractivity contribution in [3.8, 4) is 0 Å². The number of carbonyl (C=O) groups is 2. The molecule has 3 amide bonds. The summed E-state index contributed by atoms with van der Waals surface area (Å²) in [5, 5.41) is 5.67. The van der Waals surface area contributed by atoms with Gasteiger partial charge < -0.3 is 15.5 Å². The maximum atomic E-state index is 11.9. The van der Waals surface area contributed by atoms with E-state index in [1.165, 1.54) is 0 Å². The lowest BCUT2D eigenvalue weighted by Crippen LogP contribution is -2.32. The lowest BCUT2D eigenvalue weighted by Gasteiger charge is -2.16. The number of benzene rings is 1. The Morgan fingerprint density at radius 3 is 2.40 bits per heavy atom. The van der Waals surface area contributed by atoms with Crippen molar-refractivity contribution < 1.29 is 9.59 Å². The Kier molecular flexibility index (Phi) is 4.98. The number of rotatable bonds is 4. The number of amides is 3. The molecule has 0 spiro atoms. The molecule has 0 unspecified atom stereocenters. The number of urea groups is 1. The standard InChI is InChI=1S/C15H21N3O2/c1-2-9-16-14(19)12-5-7-13(8-6-12)17-15(20)18-10-3-4-11-18/h5-8H,2-4,9-11H2,1H3,(H,16,19)(H,17,20). The molecule has 1 aromatic rings. The second-order valence-corrected chi connectivity index (χ2v) is 4.96. The molecule has 0 aromatic heterocycles. The summed E-state index contributed by atoms with van der Waals surface area (Å²) in [5.41, 5.74) is 1.33. The maximum Gasteiger partial charge on any atom is 0.321 e. The van der Waals surface area contributed by atoms with Gasteiger partial charge in [-0.25, -0.2) is 4.79 Å². The molecular formula is C15H21N3O2. The van der Waals surface area contributed by atoms with Gasteiger partial charge in [-0.2, -0.15) is 0 Å². The number of hydrogen-bond acceptors (Lipinski definition) is 2. The van der Waals surface area contributed by atoms with Gasteiger partial charge in [0.25, 0.3) is 5.91 Å². The van der Waals surface area contributed by atoms with Crippen LogP contribution in [0, 0.1) is 0 Å². The highest BCUT2D eigenvalue weighted by atomic mass is 16.2. The van der Waals surface area contributed by atoms with Crippen molar-refractivity contribution in [3.63, 3.8) is 0 Å². The fourth-order valence-electron chi connectivity index (χ4n) is 2.17. The van der Waals surface area contributed by atoms with Gasteiger partial charge in [-0.1, -0.05) is 6.92 Å². The number of nitrogens with one attached hydrogen (secondary N) is 2. The van der Waals surface area contributed by atoms with E-state index in [0.29, 0.717) is 17.8 Å². The van der Waals surface area contributed by atoms with E-state index in [-0.39, 0.29) is 11.9 Å². The minimum atomic E-state index is -0.0794.